The summed E-state index contributed by atoms with van der Waals surface area (Å²) in [6, 6.07) is 0. The van der Waals surface area contributed by atoms with Gasteiger partial charge in [-0.25, -0.2) is 9.97 Å². The lowest BCUT2D eigenvalue weighted by molar-refractivity contribution is 0.0571. The van der Waals surface area contributed by atoms with Crippen molar-refractivity contribution in [2.45, 2.75) is 53.6 Å². The van der Waals surface area contributed by atoms with Crippen LogP contribution in [-0.2, 0) is 4.74 Å². The Labute approximate surface area is 123 Å². The second-order valence-corrected chi connectivity index (χ2v) is 5.78. The van der Waals surface area contributed by atoms with Gasteiger partial charge in [-0.3, -0.25) is 0 Å². The molecule has 20 heavy (non-hydrogen) atoms. The summed E-state index contributed by atoms with van der Waals surface area (Å²) < 4.78 is 5.54. The van der Waals surface area contributed by atoms with Gasteiger partial charge in [-0.2, -0.15) is 0 Å². The van der Waals surface area contributed by atoms with E-state index in [-0.39, 0.29) is 6.10 Å². The van der Waals surface area contributed by atoms with Crippen molar-refractivity contribution < 1.29 is 4.74 Å². The summed E-state index contributed by atoms with van der Waals surface area (Å²) >= 11 is 0. The molecule has 1 rings (SSSR count). The number of nitrogens with one attached hydrogen (secondary N) is 1. The Balaban J connectivity index is 3.08. The van der Waals surface area contributed by atoms with Gasteiger partial charge in [-0.1, -0.05) is 27.7 Å². The molecule has 0 spiro atoms. The van der Waals surface area contributed by atoms with E-state index in [2.05, 4.69) is 46.9 Å². The molecule has 0 aromatic carbocycles. The Bertz CT molecular complexity index is 409. The highest BCUT2D eigenvalue weighted by atomic mass is 16.5. The minimum Gasteiger partial charge on any atom is -0.373 e. The molecule has 114 valence electrons. The maximum absolute atomic E-state index is 5.54. The predicted octanol–water partition coefficient (Wildman–Crippen LogP) is 3.15. The monoisotopic (exact) mass is 279 g/mol. The van der Waals surface area contributed by atoms with E-state index in [4.69, 9.17) is 14.7 Å². The first-order chi connectivity index (χ1) is 9.42. The molecule has 0 aliphatic heterocycles. The fraction of sp³-hybridized carbons (Fsp3) is 0.750. The fourth-order valence-electron chi connectivity index (χ4n) is 2.73. The van der Waals surface area contributed by atoms with Gasteiger partial charge in [-0.15, -0.1) is 0 Å². The maximum Gasteiger partial charge on any atom is 0.157 e. The van der Waals surface area contributed by atoms with Gasteiger partial charge in [-0.05, 0) is 37.8 Å². The number of hydrogen-bond acceptors (Lipinski definition) is 4. The highest BCUT2D eigenvalue weighted by molar-refractivity contribution is 5.28. The van der Waals surface area contributed by atoms with E-state index in [0.29, 0.717) is 11.8 Å². The number of likely N-dealkylation sites (N-methyl/N-ethyl adjacent to an activating group) is 1. The van der Waals surface area contributed by atoms with Crippen LogP contribution in [0, 0.1) is 19.8 Å². The van der Waals surface area contributed by atoms with Gasteiger partial charge in [0.05, 0.1) is 0 Å². The van der Waals surface area contributed by atoms with Crippen LogP contribution in [0.3, 0.4) is 0 Å². The lowest BCUT2D eigenvalue weighted by Crippen LogP contribution is -2.22. The molecule has 0 saturated heterocycles. The first kappa shape index (κ1) is 17.1. The van der Waals surface area contributed by atoms with Crippen LogP contribution in [0.2, 0.25) is 0 Å². The largest absolute Gasteiger partial charge is 0.373 e. The smallest absolute Gasteiger partial charge is 0.157 e. The van der Waals surface area contributed by atoms with Crippen LogP contribution in [-0.4, -0.2) is 30.2 Å². The molecule has 0 saturated carbocycles. The molecule has 0 fully saturated rings. The zero-order valence-corrected chi connectivity index (χ0v) is 13.9. The minimum absolute atomic E-state index is 0.0366. The molecular weight excluding hydrogens is 250 g/mol. The Morgan fingerprint density at radius 1 is 1.10 bits per heavy atom. The number of nitrogens with zero attached hydrogens (tertiary/aromatic N) is 2. The van der Waals surface area contributed by atoms with E-state index >= 15 is 0 Å². The number of rotatable bonds is 7. The van der Waals surface area contributed by atoms with Crippen LogP contribution >= 0.6 is 0 Å². The van der Waals surface area contributed by atoms with Gasteiger partial charge in [0.25, 0.3) is 0 Å². The van der Waals surface area contributed by atoms with Crippen LogP contribution in [0.1, 0.15) is 62.5 Å². The van der Waals surface area contributed by atoms with E-state index in [0.717, 1.165) is 30.3 Å². The zero-order valence-electron chi connectivity index (χ0n) is 13.9. The topological polar surface area (TPSA) is 47.0 Å². The summed E-state index contributed by atoms with van der Waals surface area (Å²) in [4.78, 5) is 9.38. The third kappa shape index (κ3) is 4.00. The number of ether oxygens (including phenoxy) is 1. The number of aryl methyl sites for hydroxylation is 2. The van der Waals surface area contributed by atoms with Gasteiger partial charge >= 0.3 is 0 Å². The van der Waals surface area contributed by atoms with E-state index in [1.807, 2.05) is 0 Å². The number of aromatic nitrogens is 2. The van der Waals surface area contributed by atoms with Crippen molar-refractivity contribution in [3.63, 3.8) is 0 Å². The van der Waals surface area contributed by atoms with E-state index in [9.17, 15) is 0 Å². The second-order valence-electron chi connectivity index (χ2n) is 5.78. The maximum atomic E-state index is 5.54. The van der Waals surface area contributed by atoms with Crippen LogP contribution in [0.25, 0.3) is 0 Å². The molecule has 0 amide bonds. The summed E-state index contributed by atoms with van der Waals surface area (Å²) in [5.41, 5.74) is 3.40. The van der Waals surface area contributed by atoms with Crippen molar-refractivity contribution in [1.29, 1.82) is 0 Å². The van der Waals surface area contributed by atoms with Gasteiger partial charge in [0.15, 0.2) is 5.82 Å². The lowest BCUT2D eigenvalue weighted by atomic mass is 9.97. The fourth-order valence-corrected chi connectivity index (χ4v) is 2.73. The quantitative estimate of drug-likeness (QED) is 0.833. The highest BCUT2D eigenvalue weighted by Crippen LogP contribution is 2.26. The van der Waals surface area contributed by atoms with Crippen LogP contribution in [0.15, 0.2) is 0 Å². The lowest BCUT2D eigenvalue weighted by Gasteiger charge is -2.22. The first-order valence-corrected chi connectivity index (χ1v) is 7.50. The van der Waals surface area contributed by atoms with Crippen molar-refractivity contribution in [3.8, 4) is 0 Å². The van der Waals surface area contributed by atoms with Crippen molar-refractivity contribution >= 4 is 0 Å². The normalized spacial score (nSPS) is 14.6. The molecule has 1 N–H and O–H groups in total. The highest BCUT2D eigenvalue weighted by Gasteiger charge is 2.21. The van der Waals surface area contributed by atoms with Crippen LogP contribution in [0.4, 0.5) is 0 Å². The van der Waals surface area contributed by atoms with Crippen LogP contribution in [0.5, 0.6) is 0 Å². The molecule has 0 aliphatic rings. The molecule has 4 nitrogen and oxygen atoms in total. The minimum atomic E-state index is -0.0366. The number of methoxy groups -OCH3 is 1. The molecule has 4 heteroatoms. The summed E-state index contributed by atoms with van der Waals surface area (Å²) in [6.07, 6.45) is -0.0366. The molecular formula is C16H29N3O. The van der Waals surface area contributed by atoms with Crippen molar-refractivity contribution in [3.05, 3.63) is 22.8 Å². The molecule has 1 heterocycles. The third-order valence-corrected chi connectivity index (χ3v) is 3.65. The van der Waals surface area contributed by atoms with Crippen LogP contribution < -0.4 is 5.32 Å². The van der Waals surface area contributed by atoms with Crippen molar-refractivity contribution in [2.75, 3.05) is 20.2 Å². The zero-order chi connectivity index (χ0) is 15.3. The average Bonchev–Trinajstić information content (AvgIpc) is 2.35. The standard InChI is InChI=1S/C16H29N3O/c1-8-17-9-11(4)14-12(5)18-16(19-13(14)6)15(20-7)10(2)3/h10-11,15,17H,8-9H2,1-7H3. The van der Waals surface area contributed by atoms with Gasteiger partial charge in [0, 0.05) is 25.0 Å². The number of hydrogen-bond donors (Lipinski definition) is 1. The van der Waals surface area contributed by atoms with Crippen molar-refractivity contribution in [2.24, 2.45) is 5.92 Å². The summed E-state index contributed by atoms with van der Waals surface area (Å²) in [5.74, 6) is 1.59. The molecule has 2 unspecified atom stereocenters. The summed E-state index contributed by atoms with van der Waals surface area (Å²) in [5, 5.41) is 3.39. The Hall–Kier alpha value is -1.00. The Morgan fingerprint density at radius 2 is 1.65 bits per heavy atom. The Morgan fingerprint density at radius 3 is 2.05 bits per heavy atom. The molecule has 2 atom stereocenters. The van der Waals surface area contributed by atoms with E-state index in [1.165, 1.54) is 5.56 Å². The van der Waals surface area contributed by atoms with Crippen molar-refractivity contribution in [1.82, 2.24) is 15.3 Å². The summed E-state index contributed by atoms with van der Waals surface area (Å²) in [6.45, 7) is 14.7. The summed E-state index contributed by atoms with van der Waals surface area (Å²) in [7, 11) is 1.72. The molecule has 0 radical (unpaired) electrons. The molecule has 0 aliphatic carbocycles. The van der Waals surface area contributed by atoms with E-state index < -0.39 is 0 Å². The first-order valence-electron chi connectivity index (χ1n) is 7.50. The Kier molecular flexibility index (Phi) is 6.56. The second kappa shape index (κ2) is 7.70. The van der Waals surface area contributed by atoms with Gasteiger partial charge in [0.2, 0.25) is 0 Å². The average molecular weight is 279 g/mol. The van der Waals surface area contributed by atoms with Gasteiger partial charge in [0.1, 0.15) is 6.10 Å². The third-order valence-electron chi connectivity index (χ3n) is 3.65. The predicted molar refractivity (Wildman–Crippen MR) is 83.1 cm³/mol. The van der Waals surface area contributed by atoms with E-state index in [1.54, 1.807) is 7.11 Å². The SMILES string of the molecule is CCNCC(C)c1c(C)nc(C(OC)C(C)C)nc1C. The molecule has 1 aromatic rings. The molecule has 1 aromatic heterocycles. The van der Waals surface area contributed by atoms with Gasteiger partial charge < -0.3 is 10.1 Å². The molecule has 0 bridgehead atoms.